The first-order valence-corrected chi connectivity index (χ1v) is 13.6. The van der Waals surface area contributed by atoms with E-state index in [2.05, 4.69) is 75.9 Å². The predicted molar refractivity (Wildman–Crippen MR) is 153 cm³/mol. The number of aliphatic hydroxyl groups is 1. The van der Waals surface area contributed by atoms with Gasteiger partial charge in [-0.2, -0.15) is 0 Å². The first kappa shape index (κ1) is 28.5. The summed E-state index contributed by atoms with van der Waals surface area (Å²) in [5.74, 6) is -0.0756. The number of benzene rings is 2. The minimum Gasteiger partial charge on any atom is -0.508 e. The average Bonchev–Trinajstić information content (AvgIpc) is 3.15. The van der Waals surface area contributed by atoms with E-state index in [1.807, 2.05) is 13.8 Å². The fourth-order valence-electron chi connectivity index (χ4n) is 4.85. The lowest BCUT2D eigenvalue weighted by Gasteiger charge is -2.27. The minimum absolute atomic E-state index is 0.0507. The summed E-state index contributed by atoms with van der Waals surface area (Å²) in [6, 6.07) is 12.9. The molecule has 200 valence electrons. The highest BCUT2D eigenvalue weighted by Gasteiger charge is 2.33. The maximum atomic E-state index is 12.8. The van der Waals surface area contributed by atoms with E-state index in [1.165, 1.54) is 30.4 Å². The van der Waals surface area contributed by atoms with Gasteiger partial charge in [-0.25, -0.2) is 9.79 Å². The number of carbonyl (C=O) groups excluding carboxylic acids is 1. The quantitative estimate of drug-likeness (QED) is 0.155. The van der Waals surface area contributed by atoms with Crippen LogP contribution in [0.25, 0.3) is 0 Å². The standard InChI is InChI=1S/C32H44N2O3/c1-8-9-10-11-12-17-34(20-25-13-15-26(16-14-25)32(5,6)7)30(28-27(35)21-37-31(28)36)33-29-23(3)18-22(2)19-24(29)4/h13-16,18-19,35H,8-12,17,20-21H2,1-7H3. The number of ether oxygens (including phenoxy) is 1. The number of carbonyl (C=O) groups is 1. The molecule has 5 nitrogen and oxygen atoms in total. The summed E-state index contributed by atoms with van der Waals surface area (Å²) >= 11 is 0. The summed E-state index contributed by atoms with van der Waals surface area (Å²) in [6.45, 7) is 16.2. The normalized spacial score (nSPS) is 14.4. The lowest BCUT2D eigenvalue weighted by molar-refractivity contribution is -0.135. The van der Waals surface area contributed by atoms with Gasteiger partial charge < -0.3 is 14.7 Å². The van der Waals surface area contributed by atoms with E-state index < -0.39 is 5.97 Å². The van der Waals surface area contributed by atoms with Crippen LogP contribution in [0.4, 0.5) is 5.69 Å². The van der Waals surface area contributed by atoms with Gasteiger partial charge in [0.05, 0.1) is 5.69 Å². The van der Waals surface area contributed by atoms with Crippen LogP contribution in [0.1, 0.15) is 87.6 Å². The van der Waals surface area contributed by atoms with E-state index in [0.29, 0.717) is 12.4 Å². The number of esters is 1. The van der Waals surface area contributed by atoms with Crippen molar-refractivity contribution in [3.8, 4) is 0 Å². The van der Waals surface area contributed by atoms with Gasteiger partial charge in [0.2, 0.25) is 0 Å². The molecule has 0 atom stereocenters. The van der Waals surface area contributed by atoms with Crippen LogP contribution in [0.5, 0.6) is 0 Å². The number of cyclic esters (lactones) is 1. The van der Waals surface area contributed by atoms with Crippen LogP contribution in [0.2, 0.25) is 0 Å². The Morgan fingerprint density at radius 1 is 1.00 bits per heavy atom. The van der Waals surface area contributed by atoms with Crippen molar-refractivity contribution in [3.05, 3.63) is 75.5 Å². The van der Waals surface area contributed by atoms with E-state index in [1.54, 1.807) is 0 Å². The summed E-state index contributed by atoms with van der Waals surface area (Å²) in [5, 5.41) is 10.7. The van der Waals surface area contributed by atoms with E-state index >= 15 is 0 Å². The number of hydrogen-bond donors (Lipinski definition) is 1. The van der Waals surface area contributed by atoms with Crippen molar-refractivity contribution in [1.82, 2.24) is 4.90 Å². The van der Waals surface area contributed by atoms with Crippen molar-refractivity contribution in [2.75, 3.05) is 13.2 Å². The molecule has 1 aliphatic rings. The van der Waals surface area contributed by atoms with Crippen molar-refractivity contribution >= 4 is 17.5 Å². The summed E-state index contributed by atoms with van der Waals surface area (Å²) in [4.78, 5) is 20.0. The van der Waals surface area contributed by atoms with Gasteiger partial charge in [-0.3, -0.25) is 0 Å². The van der Waals surface area contributed by atoms with Crippen LogP contribution in [-0.4, -0.2) is 35.0 Å². The zero-order chi connectivity index (χ0) is 27.2. The molecule has 1 N–H and O–H groups in total. The van der Waals surface area contributed by atoms with Crippen molar-refractivity contribution in [2.24, 2.45) is 4.99 Å². The van der Waals surface area contributed by atoms with Crippen LogP contribution in [0.15, 0.2) is 52.7 Å². The fourth-order valence-corrected chi connectivity index (χ4v) is 4.85. The Hall–Kier alpha value is -3.08. The van der Waals surface area contributed by atoms with Gasteiger partial charge in [-0.1, -0.05) is 95.3 Å². The zero-order valence-corrected chi connectivity index (χ0v) is 23.8. The summed E-state index contributed by atoms with van der Waals surface area (Å²) in [7, 11) is 0. The molecule has 5 heteroatoms. The molecular weight excluding hydrogens is 460 g/mol. The number of aryl methyl sites for hydroxylation is 3. The third-order valence-electron chi connectivity index (χ3n) is 6.93. The van der Waals surface area contributed by atoms with Gasteiger partial charge in [0.25, 0.3) is 0 Å². The second-order valence-electron chi connectivity index (χ2n) is 11.4. The Balaban J connectivity index is 2.06. The highest BCUT2D eigenvalue weighted by molar-refractivity contribution is 6.20. The van der Waals surface area contributed by atoms with Crippen molar-refractivity contribution in [2.45, 2.75) is 92.5 Å². The van der Waals surface area contributed by atoms with Crippen LogP contribution in [-0.2, 0) is 21.5 Å². The third kappa shape index (κ3) is 7.47. The number of nitrogens with zero attached hydrogens (tertiary/aromatic N) is 2. The van der Waals surface area contributed by atoms with Crippen molar-refractivity contribution in [1.29, 1.82) is 0 Å². The third-order valence-corrected chi connectivity index (χ3v) is 6.93. The topological polar surface area (TPSA) is 62.1 Å². The van der Waals surface area contributed by atoms with Crippen LogP contribution in [0.3, 0.4) is 0 Å². The lowest BCUT2D eigenvalue weighted by Crippen LogP contribution is -2.35. The molecular formula is C32H44N2O3. The van der Waals surface area contributed by atoms with Gasteiger partial charge in [-0.05, 0) is 54.9 Å². The molecule has 37 heavy (non-hydrogen) atoms. The lowest BCUT2D eigenvalue weighted by atomic mass is 9.87. The Morgan fingerprint density at radius 3 is 2.16 bits per heavy atom. The van der Waals surface area contributed by atoms with E-state index in [0.717, 1.165) is 41.8 Å². The smallest absolute Gasteiger partial charge is 0.345 e. The maximum Gasteiger partial charge on any atom is 0.345 e. The molecule has 2 aromatic carbocycles. The Labute approximate surface area is 223 Å². The Morgan fingerprint density at radius 2 is 1.62 bits per heavy atom. The molecule has 0 aliphatic carbocycles. The van der Waals surface area contributed by atoms with E-state index in [-0.39, 0.29) is 23.4 Å². The summed E-state index contributed by atoms with van der Waals surface area (Å²) < 4.78 is 5.22. The van der Waals surface area contributed by atoms with Crippen LogP contribution < -0.4 is 0 Å². The number of rotatable bonds is 10. The number of hydrogen-bond acceptors (Lipinski definition) is 4. The molecule has 0 amide bonds. The number of aliphatic hydroxyl groups excluding tert-OH is 1. The van der Waals surface area contributed by atoms with Gasteiger partial charge in [0.1, 0.15) is 23.8 Å². The largest absolute Gasteiger partial charge is 0.508 e. The zero-order valence-electron chi connectivity index (χ0n) is 23.8. The highest BCUT2D eigenvalue weighted by Crippen LogP contribution is 2.29. The van der Waals surface area contributed by atoms with Gasteiger partial charge in [0, 0.05) is 13.1 Å². The summed E-state index contributed by atoms with van der Waals surface area (Å²) in [6.07, 6.45) is 5.68. The Kier molecular flexibility index (Phi) is 9.58. The van der Waals surface area contributed by atoms with Crippen LogP contribution in [0, 0.1) is 20.8 Å². The molecule has 0 unspecified atom stereocenters. The molecule has 3 rings (SSSR count). The van der Waals surface area contributed by atoms with Crippen LogP contribution >= 0.6 is 0 Å². The molecule has 0 saturated heterocycles. The second-order valence-corrected chi connectivity index (χ2v) is 11.4. The van der Waals surface area contributed by atoms with Crippen molar-refractivity contribution in [3.63, 3.8) is 0 Å². The molecule has 2 aromatic rings. The number of aliphatic imine (C=N–C) groups is 1. The van der Waals surface area contributed by atoms with E-state index in [9.17, 15) is 9.90 Å². The Bertz CT molecular complexity index is 1130. The van der Waals surface area contributed by atoms with Gasteiger partial charge in [0.15, 0.2) is 0 Å². The fraction of sp³-hybridized carbons (Fsp3) is 0.500. The molecule has 1 aliphatic heterocycles. The number of amidine groups is 1. The first-order chi connectivity index (χ1) is 17.5. The molecule has 0 saturated carbocycles. The predicted octanol–water partition coefficient (Wildman–Crippen LogP) is 7.78. The molecule has 0 aromatic heterocycles. The highest BCUT2D eigenvalue weighted by atomic mass is 16.5. The average molecular weight is 505 g/mol. The minimum atomic E-state index is -0.516. The summed E-state index contributed by atoms with van der Waals surface area (Å²) in [5.41, 5.74) is 6.76. The number of unbranched alkanes of at least 4 members (excludes halogenated alkanes) is 4. The van der Waals surface area contributed by atoms with Gasteiger partial charge >= 0.3 is 5.97 Å². The second kappa shape index (κ2) is 12.4. The maximum absolute atomic E-state index is 12.8. The molecule has 0 spiro atoms. The SMILES string of the molecule is CCCCCCCN(Cc1ccc(C(C)(C)C)cc1)C(=Nc1c(C)cc(C)cc1C)C1=C(O)COC1=O. The van der Waals surface area contributed by atoms with Gasteiger partial charge in [-0.15, -0.1) is 0 Å². The molecule has 1 heterocycles. The first-order valence-electron chi connectivity index (χ1n) is 13.6. The molecule has 0 fully saturated rings. The molecule has 0 radical (unpaired) electrons. The monoisotopic (exact) mass is 504 g/mol. The molecule has 0 bridgehead atoms. The van der Waals surface area contributed by atoms with Crippen molar-refractivity contribution < 1.29 is 14.6 Å². The van der Waals surface area contributed by atoms with E-state index in [4.69, 9.17) is 9.73 Å².